The molecule has 0 amide bonds. The fourth-order valence-electron chi connectivity index (χ4n) is 0.898. The quantitative estimate of drug-likeness (QED) is 0.207. The summed E-state index contributed by atoms with van der Waals surface area (Å²) in [6, 6.07) is 0. The number of ketones is 1. The Bertz CT molecular complexity index is 423. The minimum Gasteiger partial charge on any atom is -0.790 e. The number of Topliss-reactive ketones (excluding diaryl/α,β-unsaturated/α-hetero) is 1. The van der Waals surface area contributed by atoms with Crippen molar-refractivity contribution in [1.29, 1.82) is 0 Å². The van der Waals surface area contributed by atoms with Crippen LogP contribution in [0.4, 0.5) is 0 Å². The number of hydrogen-bond donors (Lipinski definition) is 4. The molecule has 0 rings (SSSR count). The molecule has 0 saturated heterocycles. The number of phosphoric ester groups is 2. The summed E-state index contributed by atoms with van der Waals surface area (Å²) in [4.78, 5) is 49.6. The number of aliphatic hydroxyl groups excluding tert-OH is 3. The van der Waals surface area contributed by atoms with Crippen LogP contribution in [-0.4, -0.2) is 57.5 Å². The van der Waals surface area contributed by atoms with Crippen molar-refractivity contribution in [1.82, 2.24) is 0 Å². The van der Waals surface area contributed by atoms with Gasteiger partial charge in [0.25, 0.3) is 7.82 Å². The third-order valence-corrected chi connectivity index (χ3v) is 2.74. The van der Waals surface area contributed by atoms with Crippen molar-refractivity contribution in [3.8, 4) is 0 Å². The summed E-state index contributed by atoms with van der Waals surface area (Å²) in [5.41, 5.74) is 0. The van der Waals surface area contributed by atoms with Crippen molar-refractivity contribution < 1.29 is 147 Å². The van der Waals surface area contributed by atoms with Crippen LogP contribution in [0.25, 0.3) is 0 Å². The average Bonchev–Trinajstić information content (AvgIpc) is 2.29. The first kappa shape index (κ1) is 33.4. The zero-order chi connectivity index (χ0) is 16.1. The molecule has 0 fully saturated rings. The van der Waals surface area contributed by atoms with Crippen molar-refractivity contribution in [2.75, 3.05) is 13.2 Å². The van der Waals surface area contributed by atoms with E-state index in [2.05, 4.69) is 9.05 Å². The average molecular weight is 406 g/mol. The van der Waals surface area contributed by atoms with Gasteiger partial charge in [-0.15, -0.1) is 0 Å². The molecule has 12 nitrogen and oxygen atoms in total. The molecule has 0 radical (unpaired) electrons. The summed E-state index contributed by atoms with van der Waals surface area (Å²) < 4.78 is 27.5. The molecule has 0 aliphatic heterocycles. The maximum absolute atomic E-state index is 11.1. The van der Waals surface area contributed by atoms with Crippen LogP contribution < -0.4 is 103 Å². The van der Waals surface area contributed by atoms with Crippen molar-refractivity contribution in [2.24, 2.45) is 0 Å². The van der Waals surface area contributed by atoms with E-state index in [-0.39, 0.29) is 88.7 Å². The predicted octanol–water partition coefficient (Wildman–Crippen LogP) is -14.0. The second-order valence-electron chi connectivity index (χ2n) is 3.45. The standard InChI is InChI=1S/C6H14O12P2.3Na/c7-3(1-17-19(11,12)13)5(9)6(10)4(8)2-18-20(14,15)16;;;/h3,5-7,9-10H,1-2H2,(H2,11,12,13)(H2,14,15,16);;;/q;3*+1/p-3/t3-,5-,6+;;;/m0.../s1. The molecule has 23 heavy (non-hydrogen) atoms. The molecular weight excluding hydrogens is 395 g/mol. The third kappa shape index (κ3) is 17.9. The van der Waals surface area contributed by atoms with Gasteiger partial charge in [-0.2, -0.15) is 0 Å². The first-order valence-electron chi connectivity index (χ1n) is 4.75. The van der Waals surface area contributed by atoms with E-state index in [0.29, 0.717) is 0 Å². The molecule has 120 valence electrons. The smallest absolute Gasteiger partial charge is 0.790 e. The largest absolute Gasteiger partial charge is 1.00 e. The maximum Gasteiger partial charge on any atom is 1.00 e. The number of rotatable bonds is 9. The minimum absolute atomic E-state index is 0. The summed E-state index contributed by atoms with van der Waals surface area (Å²) >= 11 is 0. The first-order chi connectivity index (χ1) is 8.83. The minimum atomic E-state index is -5.46. The van der Waals surface area contributed by atoms with Crippen LogP contribution in [0.1, 0.15) is 0 Å². The van der Waals surface area contributed by atoms with E-state index >= 15 is 0 Å². The van der Waals surface area contributed by atoms with Gasteiger partial charge in [-0.25, -0.2) is 0 Å². The number of phosphoric acid groups is 2. The molecule has 0 aliphatic rings. The van der Waals surface area contributed by atoms with Crippen LogP contribution in [0.15, 0.2) is 0 Å². The summed E-state index contributed by atoms with van der Waals surface area (Å²) in [7, 11) is -10.6. The van der Waals surface area contributed by atoms with Gasteiger partial charge in [-0.05, 0) is 0 Å². The second-order valence-corrected chi connectivity index (χ2v) is 5.80. The Kier molecular flexibility index (Phi) is 21.4. The Hall–Kier alpha value is 2.77. The van der Waals surface area contributed by atoms with Gasteiger partial charge in [0, 0.05) is 0 Å². The van der Waals surface area contributed by atoms with Gasteiger partial charge in [0.05, 0.1) is 14.4 Å². The van der Waals surface area contributed by atoms with E-state index in [1.54, 1.807) is 0 Å². The Morgan fingerprint density at radius 1 is 1.00 bits per heavy atom. The molecule has 0 aromatic heterocycles. The molecular formula is C6H11Na3O12P2. The summed E-state index contributed by atoms with van der Waals surface area (Å²) in [5.74, 6) is -1.46. The Labute approximate surface area is 197 Å². The zero-order valence-corrected chi connectivity index (χ0v) is 20.4. The van der Waals surface area contributed by atoms with E-state index in [0.717, 1.165) is 0 Å². The van der Waals surface area contributed by atoms with Crippen LogP contribution in [0, 0.1) is 0 Å². The number of aliphatic hydroxyl groups is 3. The molecule has 17 heteroatoms. The Balaban J connectivity index is -0.000000602. The molecule has 0 heterocycles. The maximum atomic E-state index is 11.1. The molecule has 1 unspecified atom stereocenters. The van der Waals surface area contributed by atoms with Crippen molar-refractivity contribution >= 4 is 21.4 Å². The Morgan fingerprint density at radius 2 is 1.43 bits per heavy atom. The molecule has 0 aromatic rings. The normalized spacial score (nSPS) is 17.3. The van der Waals surface area contributed by atoms with Crippen LogP contribution in [0.3, 0.4) is 0 Å². The first-order valence-corrected chi connectivity index (χ1v) is 7.71. The van der Waals surface area contributed by atoms with Gasteiger partial charge >= 0.3 is 88.7 Å². The van der Waals surface area contributed by atoms with E-state index < -0.39 is 53.0 Å². The number of hydrogen-bond acceptors (Lipinski definition) is 11. The summed E-state index contributed by atoms with van der Waals surface area (Å²) in [6.07, 6.45) is -6.74. The molecule has 4 atom stereocenters. The zero-order valence-electron chi connectivity index (χ0n) is 12.6. The van der Waals surface area contributed by atoms with Crippen LogP contribution >= 0.6 is 15.6 Å². The number of carbonyl (C=O) groups excluding carboxylic acids is 1. The topological polar surface area (TPSA) is 220 Å². The van der Waals surface area contributed by atoms with Crippen LogP contribution in [0.5, 0.6) is 0 Å². The van der Waals surface area contributed by atoms with Gasteiger partial charge in [0.2, 0.25) is 0 Å². The molecule has 4 N–H and O–H groups in total. The fraction of sp³-hybridized carbons (Fsp3) is 0.833. The van der Waals surface area contributed by atoms with Gasteiger partial charge in [-0.3, -0.25) is 9.36 Å². The molecule has 0 saturated carbocycles. The van der Waals surface area contributed by atoms with Gasteiger partial charge < -0.3 is 48.5 Å². The van der Waals surface area contributed by atoms with E-state index in [1.165, 1.54) is 0 Å². The Morgan fingerprint density at radius 3 is 1.78 bits per heavy atom. The molecule has 0 aromatic carbocycles. The monoisotopic (exact) mass is 406 g/mol. The van der Waals surface area contributed by atoms with Crippen molar-refractivity contribution in [3.05, 3.63) is 0 Å². The van der Waals surface area contributed by atoms with Gasteiger partial charge in [0.15, 0.2) is 5.78 Å². The predicted molar refractivity (Wildman–Crippen MR) is 52.4 cm³/mol. The summed E-state index contributed by atoms with van der Waals surface area (Å²) in [5, 5.41) is 27.6. The van der Waals surface area contributed by atoms with Crippen LogP contribution in [0.2, 0.25) is 0 Å². The number of carbonyl (C=O) groups is 1. The van der Waals surface area contributed by atoms with Gasteiger partial charge in [0.1, 0.15) is 24.9 Å². The second kappa shape index (κ2) is 14.8. The fourth-order valence-corrected chi connectivity index (χ4v) is 1.52. The SMILES string of the molecule is O=C(COP(=O)([O-])[O-])[C@@H](O)[C@@H](O)[C@@H](O)COP(=O)([O-])O.[Na+].[Na+].[Na+]. The van der Waals surface area contributed by atoms with E-state index in [9.17, 15) is 38.8 Å². The van der Waals surface area contributed by atoms with Gasteiger partial charge in [-0.1, -0.05) is 0 Å². The van der Waals surface area contributed by atoms with E-state index in [1.807, 2.05) is 0 Å². The molecule has 0 spiro atoms. The molecule has 0 bridgehead atoms. The van der Waals surface area contributed by atoms with Crippen molar-refractivity contribution in [3.63, 3.8) is 0 Å². The van der Waals surface area contributed by atoms with Crippen LogP contribution in [-0.2, 0) is 23.0 Å². The van der Waals surface area contributed by atoms with Crippen molar-refractivity contribution in [2.45, 2.75) is 18.3 Å². The summed E-state index contributed by atoms with van der Waals surface area (Å²) in [6.45, 7) is -2.55. The molecule has 0 aliphatic carbocycles. The third-order valence-electron chi connectivity index (χ3n) is 1.82. The van der Waals surface area contributed by atoms with E-state index in [4.69, 9.17) is 10.00 Å².